The number of rotatable bonds is 5. The molecule has 3 atom stereocenters. The number of halogens is 2. The number of amides is 4. The van der Waals surface area contributed by atoms with E-state index in [-0.39, 0.29) is 30.6 Å². The van der Waals surface area contributed by atoms with Gasteiger partial charge in [0.1, 0.15) is 11.4 Å². The van der Waals surface area contributed by atoms with Gasteiger partial charge in [0.25, 0.3) is 11.8 Å². The van der Waals surface area contributed by atoms with Crippen molar-refractivity contribution in [1.29, 1.82) is 0 Å². The Hall–Kier alpha value is -3.56. The number of alkyl halides is 1. The number of carbonyl (C=O) groups excluding carboxylic acids is 3. The molecule has 3 heterocycles. The lowest BCUT2D eigenvalue weighted by molar-refractivity contribution is -0.125. The third-order valence-corrected chi connectivity index (χ3v) is 6.55. The van der Waals surface area contributed by atoms with Crippen LogP contribution in [0.3, 0.4) is 0 Å². The van der Waals surface area contributed by atoms with Crippen LogP contribution in [0.15, 0.2) is 47.0 Å². The predicted molar refractivity (Wildman–Crippen MR) is 111 cm³/mol. The molecule has 4 aliphatic rings. The number of hydrogen-bond donors (Lipinski definition) is 2. The van der Waals surface area contributed by atoms with Gasteiger partial charge < -0.3 is 15.1 Å². The fraction of sp³-hybridized carbons (Fsp3) is 0.364. The van der Waals surface area contributed by atoms with Crippen molar-refractivity contribution < 1.29 is 23.2 Å². The Morgan fingerprint density at radius 3 is 2.78 bits per heavy atom. The van der Waals surface area contributed by atoms with E-state index in [1.807, 2.05) is 18.2 Å². The van der Waals surface area contributed by atoms with Crippen molar-refractivity contribution in [3.05, 3.63) is 58.9 Å². The van der Waals surface area contributed by atoms with Crippen LogP contribution in [0.1, 0.15) is 22.3 Å². The number of fused-ring (bicyclic) bond motifs is 1. The highest BCUT2D eigenvalue weighted by molar-refractivity contribution is 6.08. The minimum Gasteiger partial charge on any atom is -0.331 e. The Morgan fingerprint density at radius 2 is 2.09 bits per heavy atom. The molecular formula is C22H21F2N5O3. The second-order valence-electron chi connectivity index (χ2n) is 8.38. The van der Waals surface area contributed by atoms with E-state index in [1.165, 1.54) is 28.3 Å². The first-order chi connectivity index (χ1) is 15.4. The van der Waals surface area contributed by atoms with Crippen molar-refractivity contribution in [3.8, 4) is 0 Å². The average Bonchev–Trinajstić information content (AvgIpc) is 3.46. The molecule has 166 valence electrons. The van der Waals surface area contributed by atoms with Crippen LogP contribution in [0.25, 0.3) is 0 Å². The van der Waals surface area contributed by atoms with Crippen molar-refractivity contribution in [2.24, 2.45) is 10.9 Å². The van der Waals surface area contributed by atoms with Crippen LogP contribution in [-0.4, -0.2) is 65.5 Å². The molecule has 4 amide bonds. The predicted octanol–water partition coefficient (Wildman–Crippen LogP) is 1.50. The van der Waals surface area contributed by atoms with Crippen LogP contribution in [0.2, 0.25) is 0 Å². The van der Waals surface area contributed by atoms with Crippen LogP contribution < -0.4 is 10.6 Å². The number of carbonyl (C=O) groups is 3. The van der Waals surface area contributed by atoms with E-state index in [2.05, 4.69) is 15.6 Å². The van der Waals surface area contributed by atoms with Crippen molar-refractivity contribution in [2.45, 2.75) is 24.5 Å². The Bertz CT molecular complexity index is 1100. The zero-order chi connectivity index (χ0) is 22.5. The SMILES string of the molecule is O=C1NC(=O)[C@@](CN2Cc3ccc(F)cc3C2=O)(C2C=CC(C3CN=CN3CF)=CC2)N1. The van der Waals surface area contributed by atoms with Crippen LogP contribution >= 0.6 is 0 Å². The summed E-state index contributed by atoms with van der Waals surface area (Å²) in [5, 5.41) is 5.02. The van der Waals surface area contributed by atoms with Crippen LogP contribution in [-0.2, 0) is 11.3 Å². The number of hydrogen-bond acceptors (Lipinski definition) is 5. The fourth-order valence-corrected chi connectivity index (χ4v) is 4.85. The molecule has 0 saturated carbocycles. The zero-order valence-corrected chi connectivity index (χ0v) is 17.1. The monoisotopic (exact) mass is 441 g/mol. The van der Waals surface area contributed by atoms with E-state index in [4.69, 9.17) is 0 Å². The van der Waals surface area contributed by atoms with Crippen molar-refractivity contribution in [3.63, 3.8) is 0 Å². The molecule has 1 aromatic carbocycles. The Balaban J connectivity index is 1.39. The Kier molecular flexibility index (Phi) is 4.79. The lowest BCUT2D eigenvalue weighted by Gasteiger charge is -2.37. The number of benzene rings is 1. The summed E-state index contributed by atoms with van der Waals surface area (Å²) < 4.78 is 26.8. The molecule has 32 heavy (non-hydrogen) atoms. The van der Waals surface area contributed by atoms with E-state index in [0.29, 0.717) is 18.5 Å². The number of allylic oxidation sites excluding steroid dienone is 1. The molecule has 0 bridgehead atoms. The van der Waals surface area contributed by atoms with Crippen LogP contribution in [0.4, 0.5) is 13.6 Å². The molecule has 5 rings (SSSR count). The molecule has 0 spiro atoms. The van der Waals surface area contributed by atoms with Crippen molar-refractivity contribution in [1.82, 2.24) is 20.4 Å². The summed E-state index contributed by atoms with van der Waals surface area (Å²) in [6.07, 6.45) is 7.47. The highest BCUT2D eigenvalue weighted by atomic mass is 19.1. The molecule has 0 aromatic heterocycles. The first-order valence-corrected chi connectivity index (χ1v) is 10.3. The summed E-state index contributed by atoms with van der Waals surface area (Å²) in [6, 6.07) is 3.20. The Morgan fingerprint density at radius 1 is 1.25 bits per heavy atom. The lowest BCUT2D eigenvalue weighted by Crippen LogP contribution is -2.60. The topological polar surface area (TPSA) is 94.1 Å². The molecule has 10 heteroatoms. The second kappa shape index (κ2) is 7.54. The van der Waals surface area contributed by atoms with Crippen LogP contribution in [0, 0.1) is 11.7 Å². The summed E-state index contributed by atoms with van der Waals surface area (Å²) >= 11 is 0. The summed E-state index contributed by atoms with van der Waals surface area (Å²) in [5.74, 6) is -1.83. The van der Waals surface area contributed by atoms with E-state index in [1.54, 1.807) is 6.07 Å². The number of nitrogens with zero attached hydrogens (tertiary/aromatic N) is 3. The largest absolute Gasteiger partial charge is 0.331 e. The lowest BCUT2D eigenvalue weighted by atomic mass is 9.77. The molecule has 8 nitrogen and oxygen atoms in total. The second-order valence-corrected chi connectivity index (χ2v) is 8.38. The smallest absolute Gasteiger partial charge is 0.322 e. The van der Waals surface area contributed by atoms with Gasteiger partial charge in [0.15, 0.2) is 6.80 Å². The highest BCUT2D eigenvalue weighted by Gasteiger charge is 2.53. The van der Waals surface area contributed by atoms with Crippen molar-refractivity contribution >= 4 is 24.2 Å². The normalized spacial score (nSPS) is 28.8. The standard InChI is InChI=1S/C22H21F2N5O3/c23-11-29-12-25-8-18(29)13-1-4-15(5-2-13)22(20(31)26-21(32)27-22)10-28-9-14-3-6-16(24)7-17(14)19(28)30/h1-4,6-7,12,15,18H,5,8-11H2,(H2,26,27,31,32)/t15?,18?,22-/m1/s1. The quantitative estimate of drug-likeness (QED) is 0.535. The molecule has 0 radical (unpaired) electrons. The Labute approximate surface area is 182 Å². The number of nitrogens with one attached hydrogen (secondary N) is 2. The number of imide groups is 1. The van der Waals surface area contributed by atoms with Gasteiger partial charge in [-0.15, -0.1) is 0 Å². The maximum atomic E-state index is 13.6. The maximum absolute atomic E-state index is 13.6. The third kappa shape index (κ3) is 3.17. The summed E-state index contributed by atoms with van der Waals surface area (Å²) in [6.45, 7) is -0.0314. The van der Waals surface area contributed by atoms with E-state index < -0.39 is 36.0 Å². The minimum atomic E-state index is -1.36. The molecule has 3 aliphatic heterocycles. The van der Waals surface area contributed by atoms with Gasteiger partial charge in [-0.3, -0.25) is 19.9 Å². The third-order valence-electron chi connectivity index (χ3n) is 6.55. The summed E-state index contributed by atoms with van der Waals surface area (Å²) in [5.41, 5.74) is 0.457. The van der Waals surface area contributed by atoms with Gasteiger partial charge in [0.2, 0.25) is 0 Å². The van der Waals surface area contributed by atoms with Gasteiger partial charge in [-0.25, -0.2) is 13.6 Å². The van der Waals surface area contributed by atoms with Crippen LogP contribution in [0.5, 0.6) is 0 Å². The summed E-state index contributed by atoms with van der Waals surface area (Å²) in [7, 11) is 0. The first-order valence-electron chi connectivity index (χ1n) is 10.3. The average molecular weight is 441 g/mol. The fourth-order valence-electron chi connectivity index (χ4n) is 4.85. The molecule has 1 aliphatic carbocycles. The van der Waals surface area contributed by atoms with E-state index in [9.17, 15) is 23.2 Å². The van der Waals surface area contributed by atoms with E-state index >= 15 is 0 Å². The maximum Gasteiger partial charge on any atom is 0.322 e. The minimum absolute atomic E-state index is 0.0545. The summed E-state index contributed by atoms with van der Waals surface area (Å²) in [4.78, 5) is 45.0. The van der Waals surface area contributed by atoms with Gasteiger partial charge in [-0.1, -0.05) is 24.3 Å². The van der Waals surface area contributed by atoms with Gasteiger partial charge in [-0.05, 0) is 29.7 Å². The molecule has 1 aromatic rings. The highest BCUT2D eigenvalue weighted by Crippen LogP contribution is 2.35. The van der Waals surface area contributed by atoms with Gasteiger partial charge in [0.05, 0.1) is 25.5 Å². The van der Waals surface area contributed by atoms with Gasteiger partial charge in [-0.2, -0.15) is 0 Å². The zero-order valence-electron chi connectivity index (χ0n) is 17.1. The number of urea groups is 1. The molecular weight excluding hydrogens is 420 g/mol. The number of aliphatic imine (C=N–C) groups is 1. The van der Waals surface area contributed by atoms with Gasteiger partial charge >= 0.3 is 6.03 Å². The first kappa shape index (κ1) is 20.3. The molecule has 2 unspecified atom stereocenters. The van der Waals surface area contributed by atoms with E-state index in [0.717, 1.165) is 5.57 Å². The molecule has 1 saturated heterocycles. The van der Waals surface area contributed by atoms with Gasteiger partial charge in [0, 0.05) is 18.0 Å². The molecule has 1 fully saturated rings. The van der Waals surface area contributed by atoms with Crippen molar-refractivity contribution in [2.75, 3.05) is 19.9 Å². The molecule has 2 N–H and O–H groups in total.